The highest BCUT2D eigenvalue weighted by molar-refractivity contribution is 5.40. The van der Waals surface area contributed by atoms with Crippen LogP contribution in [-0.4, -0.2) is 18.1 Å². The SMILES string of the molecule is COc1c(C)cnc(CNC(C)C2CC2)c1C. The molecular formula is C14H22N2O. The maximum Gasteiger partial charge on any atom is 0.128 e. The zero-order valence-corrected chi connectivity index (χ0v) is 11.2. The molecule has 0 spiro atoms. The summed E-state index contributed by atoms with van der Waals surface area (Å²) in [5.74, 6) is 1.85. The molecule has 1 aliphatic rings. The molecule has 1 heterocycles. The van der Waals surface area contributed by atoms with Crippen LogP contribution in [0.4, 0.5) is 0 Å². The maximum absolute atomic E-state index is 5.42. The molecule has 1 saturated carbocycles. The van der Waals surface area contributed by atoms with Crippen molar-refractivity contribution in [1.82, 2.24) is 10.3 Å². The first-order valence-electron chi connectivity index (χ1n) is 6.36. The lowest BCUT2D eigenvalue weighted by Crippen LogP contribution is -2.28. The average Bonchev–Trinajstić information content (AvgIpc) is 3.12. The van der Waals surface area contributed by atoms with Gasteiger partial charge in [-0.25, -0.2) is 0 Å². The molecule has 0 saturated heterocycles. The van der Waals surface area contributed by atoms with E-state index in [1.165, 1.54) is 12.8 Å². The fourth-order valence-corrected chi connectivity index (χ4v) is 2.27. The van der Waals surface area contributed by atoms with E-state index in [4.69, 9.17) is 4.74 Å². The number of pyridine rings is 1. The molecule has 1 unspecified atom stereocenters. The first-order chi connectivity index (χ1) is 8.13. The zero-order valence-electron chi connectivity index (χ0n) is 11.2. The molecule has 94 valence electrons. The van der Waals surface area contributed by atoms with Gasteiger partial charge in [0.15, 0.2) is 0 Å². The molecule has 0 bridgehead atoms. The van der Waals surface area contributed by atoms with Crippen molar-refractivity contribution in [3.05, 3.63) is 23.0 Å². The largest absolute Gasteiger partial charge is 0.496 e. The lowest BCUT2D eigenvalue weighted by Gasteiger charge is -2.15. The summed E-state index contributed by atoms with van der Waals surface area (Å²) in [6, 6.07) is 0.600. The van der Waals surface area contributed by atoms with E-state index < -0.39 is 0 Å². The third kappa shape index (κ3) is 2.78. The van der Waals surface area contributed by atoms with E-state index in [1.807, 2.05) is 13.1 Å². The standard InChI is InChI=1S/C14H22N2O/c1-9-7-16-13(10(2)14(9)17-4)8-15-11(3)12-5-6-12/h7,11-12,15H,5-6,8H2,1-4H3. The minimum absolute atomic E-state index is 0.600. The number of methoxy groups -OCH3 is 1. The first-order valence-corrected chi connectivity index (χ1v) is 6.36. The molecule has 0 aliphatic heterocycles. The van der Waals surface area contributed by atoms with Gasteiger partial charge in [0.05, 0.1) is 12.8 Å². The quantitative estimate of drug-likeness (QED) is 0.850. The van der Waals surface area contributed by atoms with Gasteiger partial charge in [-0.05, 0) is 39.5 Å². The summed E-state index contributed by atoms with van der Waals surface area (Å²) in [6.07, 6.45) is 4.64. The van der Waals surface area contributed by atoms with Gasteiger partial charge >= 0.3 is 0 Å². The highest BCUT2D eigenvalue weighted by atomic mass is 16.5. The van der Waals surface area contributed by atoms with Crippen LogP contribution in [0.2, 0.25) is 0 Å². The third-order valence-corrected chi connectivity index (χ3v) is 3.67. The number of hydrogen-bond acceptors (Lipinski definition) is 3. The molecule has 3 nitrogen and oxygen atoms in total. The maximum atomic E-state index is 5.42. The van der Waals surface area contributed by atoms with Crippen molar-refractivity contribution in [3.63, 3.8) is 0 Å². The second-order valence-corrected chi connectivity index (χ2v) is 5.05. The Bertz CT molecular complexity index is 399. The van der Waals surface area contributed by atoms with Crippen LogP contribution in [0.25, 0.3) is 0 Å². The van der Waals surface area contributed by atoms with E-state index in [9.17, 15) is 0 Å². The Morgan fingerprint density at radius 1 is 1.47 bits per heavy atom. The van der Waals surface area contributed by atoms with Gasteiger partial charge in [-0.15, -0.1) is 0 Å². The monoisotopic (exact) mass is 234 g/mol. The number of ether oxygens (including phenoxy) is 1. The molecule has 0 amide bonds. The van der Waals surface area contributed by atoms with E-state index in [2.05, 4.69) is 24.1 Å². The van der Waals surface area contributed by atoms with Crippen molar-refractivity contribution in [3.8, 4) is 5.75 Å². The van der Waals surface area contributed by atoms with Crippen molar-refractivity contribution < 1.29 is 4.74 Å². The summed E-state index contributed by atoms with van der Waals surface area (Å²) in [5, 5.41) is 3.55. The average molecular weight is 234 g/mol. The van der Waals surface area contributed by atoms with Gasteiger partial charge in [0.1, 0.15) is 5.75 Å². The molecule has 17 heavy (non-hydrogen) atoms. The summed E-state index contributed by atoms with van der Waals surface area (Å²) in [5.41, 5.74) is 3.35. The Hall–Kier alpha value is -1.09. The van der Waals surface area contributed by atoms with E-state index in [1.54, 1.807) is 7.11 Å². The van der Waals surface area contributed by atoms with E-state index in [0.717, 1.165) is 35.0 Å². The van der Waals surface area contributed by atoms with Crippen LogP contribution in [0.1, 0.15) is 36.6 Å². The van der Waals surface area contributed by atoms with Gasteiger partial charge in [-0.3, -0.25) is 4.98 Å². The third-order valence-electron chi connectivity index (χ3n) is 3.67. The second-order valence-electron chi connectivity index (χ2n) is 5.05. The summed E-state index contributed by atoms with van der Waals surface area (Å²) < 4.78 is 5.42. The van der Waals surface area contributed by atoms with Crippen LogP contribution in [0.5, 0.6) is 5.75 Å². The number of aromatic nitrogens is 1. The van der Waals surface area contributed by atoms with Gasteiger partial charge < -0.3 is 10.1 Å². The van der Waals surface area contributed by atoms with Crippen LogP contribution >= 0.6 is 0 Å². The van der Waals surface area contributed by atoms with Gasteiger partial charge in [-0.2, -0.15) is 0 Å². The second kappa shape index (κ2) is 5.05. The molecule has 1 aromatic heterocycles. The Labute approximate surface area is 104 Å². The summed E-state index contributed by atoms with van der Waals surface area (Å²) in [4.78, 5) is 4.50. The molecule has 0 radical (unpaired) electrons. The van der Waals surface area contributed by atoms with Crippen molar-refractivity contribution >= 4 is 0 Å². The molecular weight excluding hydrogens is 212 g/mol. The Morgan fingerprint density at radius 3 is 2.76 bits per heavy atom. The summed E-state index contributed by atoms with van der Waals surface area (Å²) in [6.45, 7) is 7.21. The van der Waals surface area contributed by atoms with Gasteiger partial charge in [0.2, 0.25) is 0 Å². The Kier molecular flexibility index (Phi) is 3.67. The van der Waals surface area contributed by atoms with Crippen molar-refractivity contribution in [1.29, 1.82) is 0 Å². The highest BCUT2D eigenvalue weighted by Crippen LogP contribution is 2.32. The Morgan fingerprint density at radius 2 is 2.18 bits per heavy atom. The minimum atomic E-state index is 0.600. The number of hydrogen-bond donors (Lipinski definition) is 1. The number of rotatable bonds is 5. The molecule has 1 fully saturated rings. The fourth-order valence-electron chi connectivity index (χ4n) is 2.27. The van der Waals surface area contributed by atoms with Gasteiger partial charge in [0.25, 0.3) is 0 Å². The highest BCUT2D eigenvalue weighted by Gasteiger charge is 2.27. The predicted octanol–water partition coefficient (Wildman–Crippen LogP) is 2.60. The van der Waals surface area contributed by atoms with Crippen molar-refractivity contribution in [2.75, 3.05) is 7.11 Å². The summed E-state index contributed by atoms with van der Waals surface area (Å²) >= 11 is 0. The summed E-state index contributed by atoms with van der Waals surface area (Å²) in [7, 11) is 1.72. The predicted molar refractivity (Wildman–Crippen MR) is 69.3 cm³/mol. The lowest BCUT2D eigenvalue weighted by molar-refractivity contribution is 0.405. The zero-order chi connectivity index (χ0) is 12.4. The van der Waals surface area contributed by atoms with Crippen LogP contribution in [0, 0.1) is 19.8 Å². The van der Waals surface area contributed by atoms with E-state index in [-0.39, 0.29) is 0 Å². The molecule has 1 aliphatic carbocycles. The van der Waals surface area contributed by atoms with E-state index >= 15 is 0 Å². The van der Waals surface area contributed by atoms with Crippen LogP contribution in [-0.2, 0) is 6.54 Å². The molecule has 1 atom stereocenters. The molecule has 1 N–H and O–H groups in total. The fraction of sp³-hybridized carbons (Fsp3) is 0.643. The molecule has 3 heteroatoms. The smallest absolute Gasteiger partial charge is 0.128 e. The number of nitrogens with one attached hydrogen (secondary N) is 1. The van der Waals surface area contributed by atoms with Crippen LogP contribution in [0.3, 0.4) is 0 Å². The van der Waals surface area contributed by atoms with Gasteiger partial charge in [0, 0.05) is 29.9 Å². The normalized spacial score (nSPS) is 16.9. The minimum Gasteiger partial charge on any atom is -0.496 e. The molecule has 2 rings (SSSR count). The lowest BCUT2D eigenvalue weighted by atomic mass is 10.1. The van der Waals surface area contributed by atoms with Crippen LogP contribution in [0.15, 0.2) is 6.20 Å². The van der Waals surface area contributed by atoms with Gasteiger partial charge in [-0.1, -0.05) is 0 Å². The van der Waals surface area contributed by atoms with E-state index in [0.29, 0.717) is 6.04 Å². The Balaban J connectivity index is 2.04. The van der Waals surface area contributed by atoms with Crippen molar-refractivity contribution in [2.24, 2.45) is 5.92 Å². The van der Waals surface area contributed by atoms with Crippen molar-refractivity contribution in [2.45, 2.75) is 46.2 Å². The number of nitrogens with zero attached hydrogens (tertiary/aromatic N) is 1. The first kappa shape index (κ1) is 12.4. The molecule has 0 aromatic carbocycles. The van der Waals surface area contributed by atoms with Crippen LogP contribution < -0.4 is 10.1 Å². The number of aryl methyl sites for hydroxylation is 1. The topological polar surface area (TPSA) is 34.1 Å². The molecule has 1 aromatic rings.